The number of aryl methyl sites for hydroxylation is 1. The standard InChI is InChI=1S/C24H21ClN4O6/c1-11-9-16(29(33)34)17(35-2)10-15(11)28-21(30)18-14-7-4-8-27(14)24(19(18)22(28)31)12-5-3-6-13(25)20(12)26-23(24)32/h3,5-6,9-10,14,18-19H,4,7-8H2,1-2H3,(H,26,32)/t14-,18+,19+,24-/m1/s1. The van der Waals surface area contributed by atoms with Crippen molar-refractivity contribution >= 4 is 46.4 Å². The molecule has 180 valence electrons. The first-order valence-electron chi connectivity index (χ1n) is 11.3. The second-order valence-electron chi connectivity index (χ2n) is 9.37. The van der Waals surface area contributed by atoms with Crippen molar-refractivity contribution in [2.45, 2.75) is 31.3 Å². The SMILES string of the molecule is COc1cc(N2C(=O)[C@H]3[C@H]4CCCN4[C@@]4(C(=O)Nc5c(Cl)cccc54)[C@@H]3C2=O)c(C)cc1[N+](=O)[O-]. The van der Waals surface area contributed by atoms with E-state index >= 15 is 0 Å². The first-order valence-corrected chi connectivity index (χ1v) is 11.7. The van der Waals surface area contributed by atoms with Crippen LogP contribution in [0.1, 0.15) is 24.0 Å². The lowest BCUT2D eigenvalue weighted by atomic mass is 9.75. The topological polar surface area (TPSA) is 122 Å². The van der Waals surface area contributed by atoms with E-state index in [0.29, 0.717) is 34.8 Å². The monoisotopic (exact) mass is 496 g/mol. The van der Waals surface area contributed by atoms with Crippen molar-refractivity contribution in [2.24, 2.45) is 11.8 Å². The molecule has 0 bridgehead atoms. The predicted octanol–water partition coefficient (Wildman–Crippen LogP) is 3.00. The molecule has 2 aromatic rings. The molecule has 11 heteroatoms. The Balaban J connectivity index is 1.54. The van der Waals surface area contributed by atoms with Crippen molar-refractivity contribution in [3.05, 3.63) is 56.6 Å². The van der Waals surface area contributed by atoms with Gasteiger partial charge in [-0.3, -0.25) is 29.4 Å². The third-order valence-corrected chi connectivity index (χ3v) is 8.23. The van der Waals surface area contributed by atoms with Gasteiger partial charge in [-0.25, -0.2) is 4.90 Å². The van der Waals surface area contributed by atoms with Gasteiger partial charge in [-0.1, -0.05) is 23.7 Å². The van der Waals surface area contributed by atoms with E-state index in [0.717, 1.165) is 11.3 Å². The van der Waals surface area contributed by atoms with Crippen LogP contribution in [0.3, 0.4) is 0 Å². The molecule has 0 saturated carbocycles. The number of carbonyl (C=O) groups excluding carboxylic acids is 3. The van der Waals surface area contributed by atoms with E-state index in [1.165, 1.54) is 19.2 Å². The van der Waals surface area contributed by atoms with Crippen molar-refractivity contribution in [1.29, 1.82) is 0 Å². The first kappa shape index (κ1) is 22.0. The highest BCUT2D eigenvalue weighted by atomic mass is 35.5. The summed E-state index contributed by atoms with van der Waals surface area (Å²) in [7, 11) is 1.29. The molecule has 4 atom stereocenters. The number of fused-ring (bicyclic) bond motifs is 7. The van der Waals surface area contributed by atoms with E-state index in [1.54, 1.807) is 25.1 Å². The van der Waals surface area contributed by atoms with Gasteiger partial charge >= 0.3 is 5.69 Å². The fourth-order valence-electron chi connectivity index (χ4n) is 6.64. The minimum absolute atomic E-state index is 0.0544. The number of hydrogen-bond donors (Lipinski definition) is 1. The normalized spacial score (nSPS) is 28.9. The molecule has 4 heterocycles. The molecular formula is C24H21ClN4O6. The quantitative estimate of drug-likeness (QED) is 0.393. The summed E-state index contributed by atoms with van der Waals surface area (Å²) < 4.78 is 5.19. The molecule has 4 aliphatic rings. The number of nitrogens with one attached hydrogen (secondary N) is 1. The Bertz CT molecular complexity index is 1360. The van der Waals surface area contributed by atoms with Crippen LogP contribution in [0, 0.1) is 28.9 Å². The number of anilines is 2. The summed E-state index contributed by atoms with van der Waals surface area (Å²) in [4.78, 5) is 55.6. The number of methoxy groups -OCH3 is 1. The Kier molecular flexibility index (Phi) is 4.56. The van der Waals surface area contributed by atoms with Crippen molar-refractivity contribution in [1.82, 2.24) is 4.90 Å². The zero-order valence-electron chi connectivity index (χ0n) is 18.9. The lowest BCUT2D eigenvalue weighted by Gasteiger charge is -2.36. The van der Waals surface area contributed by atoms with Gasteiger partial charge in [0.1, 0.15) is 5.54 Å². The average Bonchev–Trinajstić information content (AvgIpc) is 3.53. The molecule has 0 aliphatic carbocycles. The molecule has 3 amide bonds. The lowest BCUT2D eigenvalue weighted by Crippen LogP contribution is -2.54. The first-order chi connectivity index (χ1) is 16.7. The molecule has 6 rings (SSSR count). The molecule has 0 unspecified atom stereocenters. The van der Waals surface area contributed by atoms with E-state index in [2.05, 4.69) is 5.32 Å². The van der Waals surface area contributed by atoms with Crippen LogP contribution in [-0.4, -0.2) is 47.2 Å². The number of nitro groups is 1. The minimum Gasteiger partial charge on any atom is -0.490 e. The molecule has 0 aromatic heterocycles. The fraction of sp³-hybridized carbons (Fsp3) is 0.375. The van der Waals surface area contributed by atoms with E-state index in [-0.39, 0.29) is 29.1 Å². The number of benzene rings is 2. The molecule has 1 N–H and O–H groups in total. The maximum Gasteiger partial charge on any atom is 0.311 e. The fourth-order valence-corrected chi connectivity index (χ4v) is 6.86. The van der Waals surface area contributed by atoms with E-state index in [1.807, 2.05) is 4.90 Å². The van der Waals surface area contributed by atoms with Crippen LogP contribution in [-0.2, 0) is 19.9 Å². The molecule has 0 radical (unpaired) electrons. The lowest BCUT2D eigenvalue weighted by molar-refractivity contribution is -0.385. The molecule has 35 heavy (non-hydrogen) atoms. The summed E-state index contributed by atoms with van der Waals surface area (Å²) >= 11 is 6.40. The maximum atomic E-state index is 14.1. The van der Waals surface area contributed by atoms with E-state index in [4.69, 9.17) is 16.3 Å². The van der Waals surface area contributed by atoms with Gasteiger partial charge in [-0.05, 0) is 37.9 Å². The number of amides is 3. The van der Waals surface area contributed by atoms with Crippen molar-refractivity contribution in [3.8, 4) is 5.75 Å². The molecule has 1 spiro atoms. The van der Waals surface area contributed by atoms with Gasteiger partial charge in [0.15, 0.2) is 5.75 Å². The number of imide groups is 1. The van der Waals surface area contributed by atoms with Crippen LogP contribution in [0.2, 0.25) is 5.02 Å². The summed E-state index contributed by atoms with van der Waals surface area (Å²) in [5.41, 5.74) is 0.0850. The summed E-state index contributed by atoms with van der Waals surface area (Å²) in [5.74, 6) is -2.99. The van der Waals surface area contributed by atoms with Gasteiger partial charge in [-0.15, -0.1) is 0 Å². The average molecular weight is 497 g/mol. The number of ether oxygens (including phenoxy) is 1. The van der Waals surface area contributed by atoms with Crippen molar-refractivity contribution < 1.29 is 24.0 Å². The Labute approximate surface area is 204 Å². The number of rotatable bonds is 3. The third kappa shape index (κ3) is 2.55. The molecule has 4 aliphatic heterocycles. The van der Waals surface area contributed by atoms with Crippen LogP contribution in [0.5, 0.6) is 5.75 Å². The van der Waals surface area contributed by atoms with E-state index < -0.39 is 34.1 Å². The number of carbonyl (C=O) groups is 3. The third-order valence-electron chi connectivity index (χ3n) is 7.91. The maximum absolute atomic E-state index is 14.1. The molecule has 3 fully saturated rings. The second-order valence-corrected chi connectivity index (χ2v) is 9.78. The van der Waals surface area contributed by atoms with Gasteiger partial charge in [-0.2, -0.15) is 0 Å². The number of nitrogens with zero attached hydrogens (tertiary/aromatic N) is 3. The molecule has 3 saturated heterocycles. The summed E-state index contributed by atoms with van der Waals surface area (Å²) in [6, 6.07) is 7.57. The van der Waals surface area contributed by atoms with Gasteiger partial charge in [0.2, 0.25) is 11.8 Å². The van der Waals surface area contributed by atoms with Crippen LogP contribution >= 0.6 is 11.6 Å². The second kappa shape index (κ2) is 7.25. The number of nitro benzene ring substituents is 1. The number of halogens is 1. The smallest absolute Gasteiger partial charge is 0.311 e. The van der Waals surface area contributed by atoms with Crippen LogP contribution in [0.25, 0.3) is 0 Å². The molecule has 2 aromatic carbocycles. The Hall–Kier alpha value is -3.50. The summed E-state index contributed by atoms with van der Waals surface area (Å²) in [6.07, 6.45) is 1.48. The van der Waals surface area contributed by atoms with Gasteiger partial charge in [0, 0.05) is 23.7 Å². The Morgan fingerprint density at radius 2 is 2.00 bits per heavy atom. The highest BCUT2D eigenvalue weighted by molar-refractivity contribution is 6.35. The Morgan fingerprint density at radius 1 is 1.23 bits per heavy atom. The zero-order chi connectivity index (χ0) is 24.8. The van der Waals surface area contributed by atoms with Crippen LogP contribution in [0.4, 0.5) is 17.1 Å². The van der Waals surface area contributed by atoms with Crippen molar-refractivity contribution in [2.75, 3.05) is 23.9 Å². The largest absolute Gasteiger partial charge is 0.490 e. The van der Waals surface area contributed by atoms with Crippen molar-refractivity contribution in [3.63, 3.8) is 0 Å². The highest BCUT2D eigenvalue weighted by Crippen LogP contribution is 2.61. The molecular weight excluding hydrogens is 476 g/mol. The molecule has 10 nitrogen and oxygen atoms in total. The zero-order valence-corrected chi connectivity index (χ0v) is 19.7. The number of para-hydroxylation sites is 1. The minimum atomic E-state index is -1.34. The predicted molar refractivity (Wildman–Crippen MR) is 125 cm³/mol. The van der Waals surface area contributed by atoms with Gasteiger partial charge in [0.05, 0.1) is 40.3 Å². The van der Waals surface area contributed by atoms with Gasteiger partial charge in [0.25, 0.3) is 5.91 Å². The van der Waals surface area contributed by atoms with Gasteiger partial charge < -0.3 is 10.1 Å². The Morgan fingerprint density at radius 3 is 2.71 bits per heavy atom. The highest BCUT2D eigenvalue weighted by Gasteiger charge is 2.74. The summed E-state index contributed by atoms with van der Waals surface area (Å²) in [5, 5.41) is 14.7. The van der Waals surface area contributed by atoms with E-state index in [9.17, 15) is 24.5 Å². The van der Waals surface area contributed by atoms with Crippen LogP contribution < -0.4 is 15.0 Å². The summed E-state index contributed by atoms with van der Waals surface area (Å²) in [6.45, 7) is 2.19. The van der Waals surface area contributed by atoms with Crippen LogP contribution in [0.15, 0.2) is 30.3 Å². The number of hydrogen-bond acceptors (Lipinski definition) is 7.